The topological polar surface area (TPSA) is 0 Å². The SMILES string of the molecule is CC[CH](S)[Pb]. The Hall–Kier alpha value is 1.27. The Morgan fingerprint density at radius 3 is 2.20 bits per heavy atom. The van der Waals surface area contributed by atoms with Crippen LogP contribution in [-0.2, 0) is 0 Å². The maximum atomic E-state index is 4.16. The van der Waals surface area contributed by atoms with E-state index in [0.29, 0.717) is 0 Å². The molecule has 29 valence electrons. The van der Waals surface area contributed by atoms with Crippen LogP contribution in [0.2, 0.25) is 0 Å². The third-order valence-electron chi connectivity index (χ3n) is 0.387. The van der Waals surface area contributed by atoms with Gasteiger partial charge in [-0.15, -0.1) is 0 Å². The first kappa shape index (κ1) is 6.27. The summed E-state index contributed by atoms with van der Waals surface area (Å²) in [7, 11) is 0. The van der Waals surface area contributed by atoms with E-state index in [1.807, 2.05) is 0 Å². The molecule has 0 amide bonds. The van der Waals surface area contributed by atoms with Gasteiger partial charge >= 0.3 is 54.5 Å². The van der Waals surface area contributed by atoms with Crippen molar-refractivity contribution in [2.75, 3.05) is 0 Å². The Balaban J connectivity index is 2.54. The van der Waals surface area contributed by atoms with Gasteiger partial charge < -0.3 is 0 Å². The van der Waals surface area contributed by atoms with Crippen molar-refractivity contribution < 1.29 is 0 Å². The van der Waals surface area contributed by atoms with Gasteiger partial charge in [0.05, 0.1) is 0 Å². The maximum absolute atomic E-state index is 4.16. The summed E-state index contributed by atoms with van der Waals surface area (Å²) in [5.74, 6) is 0. The molecule has 0 N–H and O–H groups in total. The summed E-state index contributed by atoms with van der Waals surface area (Å²) in [5.41, 5.74) is 0. The molecule has 0 aliphatic heterocycles. The van der Waals surface area contributed by atoms with Crippen molar-refractivity contribution in [2.24, 2.45) is 0 Å². The molecule has 5 heavy (non-hydrogen) atoms. The molecule has 2 heteroatoms. The Labute approximate surface area is 54.4 Å². The van der Waals surface area contributed by atoms with Crippen molar-refractivity contribution in [1.29, 1.82) is 0 Å². The van der Waals surface area contributed by atoms with Gasteiger partial charge in [0.2, 0.25) is 0 Å². The molecular weight excluding hydrogens is 275 g/mol. The van der Waals surface area contributed by atoms with Gasteiger partial charge in [-0.3, -0.25) is 0 Å². The molecule has 1 atom stereocenters. The van der Waals surface area contributed by atoms with Gasteiger partial charge in [-0.25, -0.2) is 0 Å². The van der Waals surface area contributed by atoms with E-state index >= 15 is 0 Å². The van der Waals surface area contributed by atoms with Gasteiger partial charge in [-0.05, 0) is 0 Å². The van der Waals surface area contributed by atoms with Gasteiger partial charge in [0.1, 0.15) is 0 Å². The molecule has 0 nitrogen and oxygen atoms in total. The molecule has 0 heterocycles. The molecule has 0 aromatic carbocycles. The van der Waals surface area contributed by atoms with Gasteiger partial charge in [-0.2, -0.15) is 0 Å². The second kappa shape index (κ2) is 3.46. The molecule has 0 saturated heterocycles. The Morgan fingerprint density at radius 2 is 2.20 bits per heavy atom. The molecule has 1 unspecified atom stereocenters. The fourth-order valence-electron chi connectivity index (χ4n) is 0. The molecule has 0 spiro atoms. The van der Waals surface area contributed by atoms with E-state index in [4.69, 9.17) is 0 Å². The summed E-state index contributed by atoms with van der Waals surface area (Å²) < 4.78 is 0.718. The van der Waals surface area contributed by atoms with E-state index in [1.54, 1.807) is 0 Å². The van der Waals surface area contributed by atoms with Crippen LogP contribution in [0.1, 0.15) is 13.3 Å². The van der Waals surface area contributed by atoms with Crippen LogP contribution in [0, 0.1) is 0 Å². The molecular formula is C3H7PbS. The molecule has 0 bridgehead atoms. The average Bonchev–Trinajstić information content (AvgIpc) is 1.38. The molecule has 0 fully saturated rings. The summed E-state index contributed by atoms with van der Waals surface area (Å²) in [6.07, 6.45) is 1.23. The number of rotatable bonds is 1. The minimum atomic E-state index is 0.718. The van der Waals surface area contributed by atoms with E-state index in [-0.39, 0.29) is 0 Å². The van der Waals surface area contributed by atoms with Crippen molar-refractivity contribution in [3.05, 3.63) is 0 Å². The van der Waals surface area contributed by atoms with Gasteiger partial charge in [0.15, 0.2) is 0 Å². The first-order valence-electron chi connectivity index (χ1n) is 1.66. The Morgan fingerprint density at radius 1 is 2.00 bits per heavy atom. The zero-order valence-electron chi connectivity index (χ0n) is 3.23. The fourth-order valence-corrected chi connectivity index (χ4v) is 0. The van der Waals surface area contributed by atoms with E-state index in [1.165, 1.54) is 32.2 Å². The molecule has 3 radical (unpaired) electrons. The molecule has 0 aromatic heterocycles. The standard InChI is InChI=1S/C3H7S.Pb/c1-2-3-4;/h3-4H,2H2,1H3;. The summed E-state index contributed by atoms with van der Waals surface area (Å²) >= 11 is 5.39. The molecule has 0 aliphatic rings. The van der Waals surface area contributed by atoms with Gasteiger partial charge in [-0.1, -0.05) is 0 Å². The molecule has 0 aromatic rings. The van der Waals surface area contributed by atoms with Crippen LogP contribution in [0.5, 0.6) is 0 Å². The number of hydrogen-bond donors (Lipinski definition) is 1. The second-order valence-electron chi connectivity index (χ2n) is 0.924. The second-order valence-corrected chi connectivity index (χ2v) is 6.15. The first-order chi connectivity index (χ1) is 2.27. The first-order valence-corrected chi connectivity index (χ1v) is 4.42. The van der Waals surface area contributed by atoms with Crippen molar-refractivity contribution in [2.45, 2.75) is 16.2 Å². The van der Waals surface area contributed by atoms with Gasteiger partial charge in [0.25, 0.3) is 0 Å². The summed E-state index contributed by atoms with van der Waals surface area (Å²) in [4.78, 5) is 0. The van der Waals surface area contributed by atoms with Gasteiger partial charge in [0, 0.05) is 0 Å². The molecule has 0 saturated carbocycles. The van der Waals surface area contributed by atoms with Crippen LogP contribution >= 0.6 is 12.6 Å². The van der Waals surface area contributed by atoms with Crippen LogP contribution in [0.3, 0.4) is 0 Å². The zero-order chi connectivity index (χ0) is 4.28. The summed E-state index contributed by atoms with van der Waals surface area (Å²) in [5, 5.41) is 0. The molecule has 0 aliphatic carbocycles. The van der Waals surface area contributed by atoms with Crippen molar-refractivity contribution >= 4 is 38.4 Å². The number of thiol groups is 1. The summed E-state index contributed by atoms with van der Waals surface area (Å²) in [6, 6.07) is 0. The summed E-state index contributed by atoms with van der Waals surface area (Å²) in [6.45, 7) is 2.16. The predicted octanol–water partition coefficient (Wildman–Crippen LogP) is 0.821. The minimum absolute atomic E-state index is 0.718. The van der Waals surface area contributed by atoms with E-state index in [9.17, 15) is 0 Å². The zero-order valence-corrected chi connectivity index (χ0v) is 8.01. The van der Waals surface area contributed by atoms with Crippen molar-refractivity contribution in [1.82, 2.24) is 0 Å². The monoisotopic (exact) mass is 283 g/mol. The number of hydrogen-bond acceptors (Lipinski definition) is 1. The fraction of sp³-hybridized carbons (Fsp3) is 1.00. The molecule has 0 rings (SSSR count). The van der Waals surface area contributed by atoms with Crippen LogP contribution in [0.4, 0.5) is 0 Å². The van der Waals surface area contributed by atoms with Crippen molar-refractivity contribution in [3.63, 3.8) is 0 Å². The third-order valence-corrected chi connectivity index (χ3v) is 2.34. The Bertz CT molecular complexity index is 20.9. The third kappa shape index (κ3) is 5.27. The average molecular weight is 282 g/mol. The normalized spacial score (nSPS) is 15.0. The van der Waals surface area contributed by atoms with Crippen LogP contribution in [0.25, 0.3) is 0 Å². The van der Waals surface area contributed by atoms with E-state index < -0.39 is 0 Å². The van der Waals surface area contributed by atoms with Crippen molar-refractivity contribution in [3.8, 4) is 0 Å². The quantitative estimate of drug-likeness (QED) is 0.534. The van der Waals surface area contributed by atoms with E-state index in [0.717, 1.165) is 2.81 Å². The van der Waals surface area contributed by atoms with E-state index in [2.05, 4.69) is 19.6 Å². The van der Waals surface area contributed by atoms with Crippen LogP contribution in [-0.4, -0.2) is 28.6 Å². The van der Waals surface area contributed by atoms with Crippen LogP contribution < -0.4 is 0 Å². The Kier molecular flexibility index (Phi) is 4.34. The predicted molar refractivity (Wildman–Crippen MR) is 28.8 cm³/mol. The van der Waals surface area contributed by atoms with Crippen LogP contribution in [0.15, 0.2) is 0 Å².